The molecule has 9 heavy (non-hydrogen) atoms. The zero-order valence-corrected chi connectivity index (χ0v) is 6.82. The van der Waals surface area contributed by atoms with Crippen LogP contribution >= 0.6 is 0 Å². The van der Waals surface area contributed by atoms with Crippen molar-refractivity contribution >= 4 is 7.28 Å². The molecular weight excluding hydrogens is 234 g/mol. The van der Waals surface area contributed by atoms with Gasteiger partial charge in [-0.3, -0.25) is 0 Å². The summed E-state index contributed by atoms with van der Waals surface area (Å²) in [5.41, 5.74) is 0. The summed E-state index contributed by atoms with van der Waals surface area (Å²) in [6.07, 6.45) is 4.11. The molecule has 0 amide bonds. The molecule has 0 fully saturated rings. The topological polar surface area (TPSA) is 66.3 Å². The Morgan fingerprint density at radius 1 is 1.22 bits per heavy atom. The van der Waals surface area contributed by atoms with Gasteiger partial charge < -0.3 is 6.87 Å². The highest BCUT2D eigenvalue weighted by molar-refractivity contribution is 6.49. The summed E-state index contributed by atoms with van der Waals surface area (Å²) in [6.45, 7) is 0. The molecule has 0 unspecified atom stereocenters. The Morgan fingerprint density at radius 2 is 1.56 bits per heavy atom. The van der Waals surface area contributed by atoms with E-state index in [-0.39, 0.29) is 0 Å². The molecule has 1 aliphatic rings. The third-order valence-corrected chi connectivity index (χ3v) is 0.655. The van der Waals surface area contributed by atoms with Crippen molar-refractivity contribution < 1.29 is 31.4 Å². The quantitative estimate of drug-likeness (QED) is 0.339. The van der Waals surface area contributed by atoms with Gasteiger partial charge in [0, 0.05) is 0 Å². The van der Waals surface area contributed by atoms with Crippen LogP contribution in [-0.4, -0.2) is 10.7 Å². The summed E-state index contributed by atoms with van der Waals surface area (Å²) in [5.74, 6) is 4.25. The van der Waals surface area contributed by atoms with Gasteiger partial charge in [0.1, 0.15) is 0 Å². The third-order valence-electron chi connectivity index (χ3n) is 0.655. The summed E-state index contributed by atoms with van der Waals surface area (Å²) in [6, 6.07) is 0. The maximum atomic E-state index is 8.68. The lowest BCUT2D eigenvalue weighted by molar-refractivity contribution is -1.63. The molecule has 0 spiro atoms. The van der Waals surface area contributed by atoms with Gasteiger partial charge >= 0.3 is 21.1 Å². The van der Waals surface area contributed by atoms with Crippen molar-refractivity contribution in [3.63, 3.8) is 0 Å². The molecule has 0 saturated heterocycles. The molecule has 0 aromatic rings. The Balaban J connectivity index is 0.000000148. The van der Waals surface area contributed by atoms with Crippen LogP contribution in [0.5, 0.6) is 0 Å². The number of allylic oxidation sites excluding steroid dienone is 2. The molecule has 0 saturated carbocycles. The second-order valence-corrected chi connectivity index (χ2v) is 2.44. The summed E-state index contributed by atoms with van der Waals surface area (Å²) in [5, 5.41) is 0. The van der Waals surface area contributed by atoms with E-state index in [4.69, 9.17) is 10.3 Å². The molecule has 0 aliphatic carbocycles. The van der Waals surface area contributed by atoms with Crippen molar-refractivity contribution in [2.45, 2.75) is 0 Å². The van der Waals surface area contributed by atoms with Crippen LogP contribution in [0.25, 0.3) is 0 Å². The first-order valence-electron chi connectivity index (χ1n) is 2.29. The lowest BCUT2D eigenvalue weighted by atomic mass is 9.83. The Morgan fingerprint density at radius 3 is 1.67 bits per heavy atom. The van der Waals surface area contributed by atoms with Crippen LogP contribution in [0.3, 0.4) is 0 Å². The summed E-state index contributed by atoms with van der Waals surface area (Å²) in [4.78, 5) is 0. The van der Waals surface area contributed by atoms with Crippen molar-refractivity contribution in [2.75, 3.05) is 0 Å². The van der Waals surface area contributed by atoms with Crippen LogP contribution in [-0.2, 0) is 0 Å². The Hall–Kier alpha value is 0.155. The standard InChI is InChI=1S/C4H5B.HIO3/c1-2-4-5-3-1;2-1(3)4/h1-5H;2H. The van der Waals surface area contributed by atoms with E-state index in [0.717, 1.165) is 7.28 Å². The molecule has 1 rings (SSSR count). The lowest BCUT2D eigenvalue weighted by Crippen LogP contribution is -3.98. The second-order valence-electron chi connectivity index (χ2n) is 1.29. The van der Waals surface area contributed by atoms with Crippen LogP contribution in [0.4, 0.5) is 0 Å². The first-order valence-corrected chi connectivity index (χ1v) is 5.02. The van der Waals surface area contributed by atoms with Gasteiger partial charge in [0.15, 0.2) is 7.28 Å². The minimum absolute atomic E-state index is 1.14. The van der Waals surface area contributed by atoms with Crippen LogP contribution < -0.4 is 27.9 Å². The highest BCUT2D eigenvalue weighted by atomic mass is 127. The van der Waals surface area contributed by atoms with Gasteiger partial charge in [-0.05, 0) is 3.44 Å². The minimum Gasteiger partial charge on any atom is -0.396 e. The highest BCUT2D eigenvalue weighted by Gasteiger charge is 1.89. The summed E-state index contributed by atoms with van der Waals surface area (Å²) >= 11 is -3.76. The molecule has 50 valence electrons. The first kappa shape index (κ1) is 9.15. The van der Waals surface area contributed by atoms with E-state index in [1.54, 1.807) is 0 Å². The molecule has 0 aromatic carbocycles. The van der Waals surface area contributed by atoms with Crippen molar-refractivity contribution in [2.24, 2.45) is 0 Å². The number of rotatable bonds is 0. The largest absolute Gasteiger partial charge is 0.503 e. The highest BCUT2D eigenvalue weighted by Crippen LogP contribution is 1.82. The first-order chi connectivity index (χ1) is 4.23. The molecule has 1 N–H and O–H groups in total. The zero-order valence-electron chi connectivity index (χ0n) is 4.66. The van der Waals surface area contributed by atoms with Gasteiger partial charge in [-0.15, -0.1) is 12.0 Å². The Bertz CT molecular complexity index is 99.6. The molecular formula is C4H6BIO3. The van der Waals surface area contributed by atoms with E-state index >= 15 is 0 Å². The predicted octanol–water partition coefficient (Wildman–Crippen LogP) is -5.47. The van der Waals surface area contributed by atoms with Crippen molar-refractivity contribution in [3.05, 3.63) is 24.1 Å². The SMILES string of the molecule is B1C=CC=C1.[O-][I+2]([O-])O. The van der Waals surface area contributed by atoms with E-state index in [0.29, 0.717) is 0 Å². The van der Waals surface area contributed by atoms with E-state index in [1.165, 1.54) is 0 Å². The van der Waals surface area contributed by atoms with Gasteiger partial charge in [0.25, 0.3) is 0 Å². The molecule has 5 heteroatoms. The van der Waals surface area contributed by atoms with Crippen molar-refractivity contribution in [1.29, 1.82) is 0 Å². The third kappa shape index (κ3) is 11.6. The average molecular weight is 240 g/mol. The lowest BCUT2D eigenvalue weighted by Gasteiger charge is -1.67. The minimum atomic E-state index is -3.76. The van der Waals surface area contributed by atoms with E-state index in [9.17, 15) is 0 Å². The number of halogens is 1. The van der Waals surface area contributed by atoms with Gasteiger partial charge in [-0.2, -0.15) is 0 Å². The van der Waals surface area contributed by atoms with E-state index in [2.05, 4.69) is 24.1 Å². The normalized spacial score (nSPS) is 12.9. The van der Waals surface area contributed by atoms with Gasteiger partial charge in [-0.25, -0.2) is 0 Å². The summed E-state index contributed by atoms with van der Waals surface area (Å²) < 4.78 is 24.5. The van der Waals surface area contributed by atoms with Crippen LogP contribution in [0.1, 0.15) is 0 Å². The monoisotopic (exact) mass is 240 g/mol. The fraction of sp³-hybridized carbons (Fsp3) is 0. The molecule has 0 bridgehead atoms. The molecule has 3 nitrogen and oxygen atoms in total. The van der Waals surface area contributed by atoms with Crippen LogP contribution in [0, 0.1) is 0 Å². The van der Waals surface area contributed by atoms with Crippen molar-refractivity contribution in [3.8, 4) is 0 Å². The van der Waals surface area contributed by atoms with Gasteiger partial charge in [-0.1, -0.05) is 12.2 Å². The van der Waals surface area contributed by atoms with E-state index < -0.39 is 21.1 Å². The summed E-state index contributed by atoms with van der Waals surface area (Å²) in [7, 11) is 1.14. The number of hydrogen-bond donors (Lipinski definition) is 1. The maximum Gasteiger partial charge on any atom is 0.503 e. The maximum absolute atomic E-state index is 8.68. The zero-order chi connectivity index (χ0) is 7.11. The molecule has 0 aromatic heterocycles. The van der Waals surface area contributed by atoms with Crippen LogP contribution in [0.15, 0.2) is 24.1 Å². The molecule has 1 aliphatic heterocycles. The number of hydrogen-bond acceptors (Lipinski definition) is 3. The molecule has 0 radical (unpaired) electrons. The van der Waals surface area contributed by atoms with E-state index in [1.807, 2.05) is 0 Å². The second kappa shape index (κ2) is 6.28. The average Bonchev–Trinajstić information content (AvgIpc) is 2.11. The molecule has 1 heterocycles. The molecule has 0 atom stereocenters. The van der Waals surface area contributed by atoms with Crippen molar-refractivity contribution in [1.82, 2.24) is 0 Å². The van der Waals surface area contributed by atoms with Gasteiger partial charge in [0.05, 0.1) is 0 Å². The Labute approximate surface area is 63.0 Å². The van der Waals surface area contributed by atoms with Gasteiger partial charge in [0.2, 0.25) is 0 Å². The fourth-order valence-corrected chi connectivity index (χ4v) is 0.393. The fourth-order valence-electron chi connectivity index (χ4n) is 0.393. The smallest absolute Gasteiger partial charge is 0.396 e. The van der Waals surface area contributed by atoms with Crippen LogP contribution in [0.2, 0.25) is 0 Å². The Kier molecular flexibility index (Phi) is 6.39. The predicted molar refractivity (Wildman–Crippen MR) is 27.6 cm³/mol.